The average Bonchev–Trinajstić information content (AvgIpc) is 3.32. The van der Waals surface area contributed by atoms with E-state index in [-0.39, 0.29) is 22.0 Å². The van der Waals surface area contributed by atoms with Crippen LogP contribution in [0.5, 0.6) is 5.75 Å². The topological polar surface area (TPSA) is 79.5 Å². The van der Waals surface area contributed by atoms with E-state index in [1.165, 1.54) is 16.7 Å². The van der Waals surface area contributed by atoms with E-state index in [0.717, 1.165) is 43.9 Å². The van der Waals surface area contributed by atoms with Crippen LogP contribution in [0.1, 0.15) is 53.2 Å². The van der Waals surface area contributed by atoms with Gasteiger partial charge >= 0.3 is 5.97 Å². The number of phenols is 1. The Hall–Kier alpha value is -2.93. The van der Waals surface area contributed by atoms with Gasteiger partial charge in [-0.25, -0.2) is 8.78 Å². The lowest BCUT2D eigenvalue weighted by Gasteiger charge is -2.20. The maximum absolute atomic E-state index is 14.2. The Kier molecular flexibility index (Phi) is 5.47. The third kappa shape index (κ3) is 3.57. The molecule has 162 valence electrons. The Morgan fingerprint density at radius 3 is 2.42 bits per heavy atom. The number of phenolic OH excluding ortho intramolecular Hbond substituents is 1. The summed E-state index contributed by atoms with van der Waals surface area (Å²) in [5.74, 6) is -5.09. The number of rotatable bonds is 4. The zero-order valence-corrected chi connectivity index (χ0v) is 17.4. The van der Waals surface area contributed by atoms with Crippen molar-refractivity contribution in [2.45, 2.75) is 38.5 Å². The standard InChI is InChI=1S/C23H20ClF2NO4/c1-11-20(21(23(30)31)12-4-2-3-5-12)14-9-19(28)17(26)10-18(14)27(11)22(29)13-6-7-15(24)16(25)8-13/h6-10,12,21,28H,2-5H2,1H3,(H,30,31). The van der Waals surface area contributed by atoms with Crippen molar-refractivity contribution in [3.05, 3.63) is 63.8 Å². The first-order valence-corrected chi connectivity index (χ1v) is 10.3. The number of aromatic hydroxyl groups is 1. The molecule has 0 saturated heterocycles. The molecule has 0 radical (unpaired) electrons. The predicted octanol–water partition coefficient (Wildman–Crippen LogP) is 5.63. The summed E-state index contributed by atoms with van der Waals surface area (Å²) in [7, 11) is 0. The molecule has 1 unspecified atom stereocenters. The number of carbonyl (C=O) groups excluding carboxylic acids is 1. The molecule has 1 saturated carbocycles. The summed E-state index contributed by atoms with van der Waals surface area (Å²) in [6, 6.07) is 5.74. The monoisotopic (exact) mass is 447 g/mol. The minimum absolute atomic E-state index is 0.0188. The number of aliphatic carboxylic acids is 1. The van der Waals surface area contributed by atoms with Gasteiger partial charge in [-0.2, -0.15) is 0 Å². The highest BCUT2D eigenvalue weighted by molar-refractivity contribution is 6.30. The molecular formula is C23H20ClF2NO4. The highest BCUT2D eigenvalue weighted by atomic mass is 35.5. The second-order valence-electron chi connectivity index (χ2n) is 7.95. The average molecular weight is 448 g/mol. The van der Waals surface area contributed by atoms with Crippen LogP contribution in [-0.4, -0.2) is 26.7 Å². The summed E-state index contributed by atoms with van der Waals surface area (Å²) in [5, 5.41) is 20.1. The molecule has 31 heavy (non-hydrogen) atoms. The van der Waals surface area contributed by atoms with Crippen molar-refractivity contribution in [2.24, 2.45) is 5.92 Å². The van der Waals surface area contributed by atoms with Crippen molar-refractivity contribution in [3.63, 3.8) is 0 Å². The Labute approximate surface area is 181 Å². The molecular weight excluding hydrogens is 428 g/mol. The van der Waals surface area contributed by atoms with Gasteiger partial charge in [0.1, 0.15) is 5.82 Å². The minimum Gasteiger partial charge on any atom is -0.505 e. The smallest absolute Gasteiger partial charge is 0.311 e. The van der Waals surface area contributed by atoms with Crippen LogP contribution in [0.4, 0.5) is 8.78 Å². The Morgan fingerprint density at radius 2 is 1.81 bits per heavy atom. The van der Waals surface area contributed by atoms with Gasteiger partial charge in [0.2, 0.25) is 0 Å². The molecule has 1 fully saturated rings. The second-order valence-corrected chi connectivity index (χ2v) is 8.36. The lowest BCUT2D eigenvalue weighted by molar-refractivity contribution is -0.140. The van der Waals surface area contributed by atoms with Crippen LogP contribution in [0.2, 0.25) is 5.02 Å². The van der Waals surface area contributed by atoms with Crippen molar-refractivity contribution in [3.8, 4) is 5.75 Å². The summed E-state index contributed by atoms with van der Waals surface area (Å²) < 4.78 is 29.4. The van der Waals surface area contributed by atoms with E-state index in [4.69, 9.17) is 11.6 Å². The molecule has 1 heterocycles. The Morgan fingerprint density at radius 1 is 1.13 bits per heavy atom. The van der Waals surface area contributed by atoms with Gasteiger partial charge in [0.05, 0.1) is 16.5 Å². The highest BCUT2D eigenvalue weighted by Gasteiger charge is 2.37. The van der Waals surface area contributed by atoms with Gasteiger partial charge in [0.15, 0.2) is 11.6 Å². The molecule has 0 amide bonds. The number of carbonyl (C=O) groups is 2. The normalized spacial score (nSPS) is 15.5. The molecule has 8 heteroatoms. The van der Waals surface area contributed by atoms with Gasteiger partial charge in [-0.05, 0) is 55.5 Å². The number of carboxylic acids is 1. The molecule has 2 aromatic carbocycles. The molecule has 1 aliphatic carbocycles. The first-order valence-electron chi connectivity index (χ1n) is 9.96. The van der Waals surface area contributed by atoms with E-state index in [2.05, 4.69) is 0 Å². The van der Waals surface area contributed by atoms with Gasteiger partial charge < -0.3 is 10.2 Å². The third-order valence-corrected chi connectivity index (χ3v) is 6.45. The number of halogens is 3. The number of aromatic nitrogens is 1. The molecule has 1 aromatic heterocycles. The quantitative estimate of drug-likeness (QED) is 0.543. The van der Waals surface area contributed by atoms with Crippen molar-refractivity contribution in [1.29, 1.82) is 0 Å². The summed E-state index contributed by atoms with van der Waals surface area (Å²) in [6.07, 6.45) is 3.28. The molecule has 1 aliphatic rings. The molecule has 3 aromatic rings. The summed E-state index contributed by atoms with van der Waals surface area (Å²) in [5.41, 5.74) is 0.786. The number of benzene rings is 2. The van der Waals surface area contributed by atoms with Crippen molar-refractivity contribution >= 4 is 34.4 Å². The van der Waals surface area contributed by atoms with Crippen LogP contribution in [0, 0.1) is 24.5 Å². The van der Waals surface area contributed by atoms with E-state index >= 15 is 0 Å². The number of fused-ring (bicyclic) bond motifs is 1. The van der Waals surface area contributed by atoms with Crippen LogP contribution < -0.4 is 0 Å². The summed E-state index contributed by atoms with van der Waals surface area (Å²) in [6.45, 7) is 1.58. The van der Waals surface area contributed by atoms with Crippen LogP contribution in [0.25, 0.3) is 10.9 Å². The number of hydrogen-bond donors (Lipinski definition) is 2. The number of hydrogen-bond acceptors (Lipinski definition) is 3. The molecule has 0 bridgehead atoms. The Bertz CT molecular complexity index is 1210. The molecule has 4 rings (SSSR count). The zero-order chi connectivity index (χ0) is 22.4. The van der Waals surface area contributed by atoms with Gasteiger partial charge in [-0.15, -0.1) is 0 Å². The molecule has 5 nitrogen and oxygen atoms in total. The SMILES string of the molecule is Cc1c(C(C(=O)O)C2CCCC2)c2cc(O)c(F)cc2n1C(=O)c1ccc(Cl)c(F)c1. The largest absolute Gasteiger partial charge is 0.505 e. The maximum atomic E-state index is 14.2. The van der Waals surface area contributed by atoms with E-state index in [1.807, 2.05) is 0 Å². The van der Waals surface area contributed by atoms with Crippen LogP contribution in [0.15, 0.2) is 30.3 Å². The van der Waals surface area contributed by atoms with Gasteiger partial charge in [0.25, 0.3) is 5.91 Å². The van der Waals surface area contributed by atoms with Crippen LogP contribution in [-0.2, 0) is 4.79 Å². The molecule has 1 atom stereocenters. The highest BCUT2D eigenvalue weighted by Crippen LogP contribution is 2.43. The van der Waals surface area contributed by atoms with Crippen molar-refractivity contribution in [2.75, 3.05) is 0 Å². The van der Waals surface area contributed by atoms with Crippen LogP contribution >= 0.6 is 11.6 Å². The summed E-state index contributed by atoms with van der Waals surface area (Å²) >= 11 is 5.71. The lowest BCUT2D eigenvalue weighted by Crippen LogP contribution is -2.21. The minimum atomic E-state index is -1.04. The number of carboxylic acid groups (broad SMARTS) is 1. The van der Waals surface area contributed by atoms with E-state index in [1.54, 1.807) is 6.92 Å². The van der Waals surface area contributed by atoms with Crippen molar-refractivity contribution in [1.82, 2.24) is 4.57 Å². The molecule has 0 aliphatic heterocycles. The fourth-order valence-corrected chi connectivity index (χ4v) is 4.83. The first-order chi connectivity index (χ1) is 14.7. The molecule has 0 spiro atoms. The predicted molar refractivity (Wildman–Crippen MR) is 112 cm³/mol. The third-order valence-electron chi connectivity index (χ3n) is 6.14. The maximum Gasteiger partial charge on any atom is 0.311 e. The van der Waals surface area contributed by atoms with E-state index < -0.39 is 35.2 Å². The van der Waals surface area contributed by atoms with E-state index in [9.17, 15) is 28.6 Å². The Balaban J connectivity index is 1.99. The van der Waals surface area contributed by atoms with Gasteiger partial charge in [-0.3, -0.25) is 14.2 Å². The zero-order valence-electron chi connectivity index (χ0n) is 16.7. The van der Waals surface area contributed by atoms with Gasteiger partial charge in [0, 0.05) is 22.7 Å². The molecule has 2 N–H and O–H groups in total. The second kappa shape index (κ2) is 7.96. The van der Waals surface area contributed by atoms with Gasteiger partial charge in [-0.1, -0.05) is 24.4 Å². The van der Waals surface area contributed by atoms with E-state index in [0.29, 0.717) is 16.6 Å². The van der Waals surface area contributed by atoms with Crippen molar-refractivity contribution < 1.29 is 28.6 Å². The first kappa shape index (κ1) is 21.3. The van der Waals surface area contributed by atoms with Crippen LogP contribution in [0.3, 0.4) is 0 Å². The fourth-order valence-electron chi connectivity index (χ4n) is 4.71. The summed E-state index contributed by atoms with van der Waals surface area (Å²) in [4.78, 5) is 25.6. The fraction of sp³-hybridized carbons (Fsp3) is 0.304. The number of nitrogens with zero attached hydrogens (tertiary/aromatic N) is 1. The lowest BCUT2D eigenvalue weighted by atomic mass is 9.83.